The van der Waals surface area contributed by atoms with Crippen molar-refractivity contribution < 1.29 is 4.92 Å². The zero-order chi connectivity index (χ0) is 20.4. The van der Waals surface area contributed by atoms with Crippen LogP contribution in [0.15, 0.2) is 66.0 Å². The van der Waals surface area contributed by atoms with Gasteiger partial charge in [0.05, 0.1) is 11.0 Å². The first kappa shape index (κ1) is 20.0. The molecular weight excluding hydrogens is 352 g/mol. The zero-order valence-corrected chi connectivity index (χ0v) is 16.9. The van der Waals surface area contributed by atoms with Crippen LogP contribution in [0.3, 0.4) is 0 Å². The number of benzene rings is 1. The second-order valence-electron chi connectivity index (χ2n) is 8.42. The van der Waals surface area contributed by atoms with Crippen molar-refractivity contribution in [2.24, 2.45) is 5.41 Å². The van der Waals surface area contributed by atoms with Gasteiger partial charge in [-0.05, 0) is 43.4 Å². The Balaban J connectivity index is 1.95. The van der Waals surface area contributed by atoms with Gasteiger partial charge in [-0.3, -0.25) is 15.4 Å². The highest BCUT2D eigenvalue weighted by molar-refractivity contribution is 5.42. The highest BCUT2D eigenvalue weighted by atomic mass is 16.6. The molecule has 0 saturated heterocycles. The van der Waals surface area contributed by atoms with E-state index in [2.05, 4.69) is 29.5 Å². The van der Waals surface area contributed by atoms with Crippen molar-refractivity contribution in [3.8, 4) is 0 Å². The minimum atomic E-state index is -0.727. The molecule has 0 bridgehead atoms. The van der Waals surface area contributed by atoms with Crippen LogP contribution in [0, 0.1) is 15.5 Å². The Bertz CT molecular complexity index is 865. The molecule has 1 aliphatic rings. The van der Waals surface area contributed by atoms with E-state index >= 15 is 0 Å². The van der Waals surface area contributed by atoms with Gasteiger partial charge in [-0.2, -0.15) is 0 Å². The molecule has 1 aromatic carbocycles. The summed E-state index contributed by atoms with van der Waals surface area (Å²) in [5.41, 5.74) is 1.16. The van der Waals surface area contributed by atoms with Crippen molar-refractivity contribution in [3.05, 3.63) is 81.7 Å². The Hall–Kier alpha value is -2.73. The third kappa shape index (κ3) is 4.07. The number of nitro groups is 1. The lowest BCUT2D eigenvalue weighted by atomic mass is 9.65. The Morgan fingerprint density at radius 1 is 1.14 bits per heavy atom. The number of nitrogens with one attached hydrogen (secondary N) is 2. The molecule has 0 fully saturated rings. The first-order valence-electron chi connectivity index (χ1n) is 9.55. The van der Waals surface area contributed by atoms with Crippen LogP contribution in [-0.2, 0) is 6.54 Å². The number of anilines is 1. The van der Waals surface area contributed by atoms with Crippen LogP contribution >= 0.6 is 0 Å². The van der Waals surface area contributed by atoms with Crippen molar-refractivity contribution in [1.82, 2.24) is 10.3 Å². The average Bonchev–Trinajstić information content (AvgIpc) is 2.64. The van der Waals surface area contributed by atoms with Crippen LogP contribution in [-0.4, -0.2) is 21.5 Å². The first-order chi connectivity index (χ1) is 13.2. The summed E-state index contributed by atoms with van der Waals surface area (Å²) in [6, 6.07) is 15.5. The molecule has 6 nitrogen and oxygen atoms in total. The summed E-state index contributed by atoms with van der Waals surface area (Å²) in [5.74, 6) is 0.725. The van der Waals surface area contributed by atoms with E-state index in [4.69, 9.17) is 0 Å². The molecule has 0 radical (unpaired) electrons. The predicted molar refractivity (Wildman–Crippen MR) is 111 cm³/mol. The second-order valence-corrected chi connectivity index (χ2v) is 8.42. The van der Waals surface area contributed by atoms with Crippen LogP contribution in [0.2, 0.25) is 0 Å². The quantitative estimate of drug-likeness (QED) is 0.574. The number of rotatable bonds is 6. The van der Waals surface area contributed by atoms with Gasteiger partial charge in [-0.1, -0.05) is 50.2 Å². The maximum Gasteiger partial charge on any atom is 0.266 e. The van der Waals surface area contributed by atoms with Crippen LogP contribution in [0.1, 0.15) is 39.7 Å². The highest BCUT2D eigenvalue weighted by Crippen LogP contribution is 2.45. The molecule has 28 heavy (non-hydrogen) atoms. The summed E-state index contributed by atoms with van der Waals surface area (Å²) in [6.07, 6.45) is 2.35. The van der Waals surface area contributed by atoms with Crippen molar-refractivity contribution in [1.29, 1.82) is 0 Å². The molecule has 0 spiro atoms. The van der Waals surface area contributed by atoms with E-state index in [1.165, 1.54) is 0 Å². The molecule has 2 N–H and O–H groups in total. The SMILES string of the molecule is CC1=C([N+](=O)[O-])C(C)(NCc2ccccc2)CC(C)(C)C1Nc1ccccn1. The largest absolute Gasteiger partial charge is 0.363 e. The zero-order valence-electron chi connectivity index (χ0n) is 16.9. The van der Waals surface area contributed by atoms with Gasteiger partial charge < -0.3 is 5.32 Å². The molecule has 0 saturated carbocycles. The lowest BCUT2D eigenvalue weighted by Crippen LogP contribution is -2.57. The Labute approximate surface area is 166 Å². The van der Waals surface area contributed by atoms with Crippen molar-refractivity contribution in [3.63, 3.8) is 0 Å². The first-order valence-corrected chi connectivity index (χ1v) is 9.55. The number of hydrogen-bond donors (Lipinski definition) is 2. The van der Waals surface area contributed by atoms with Gasteiger partial charge >= 0.3 is 0 Å². The number of pyridine rings is 1. The summed E-state index contributed by atoms with van der Waals surface area (Å²) in [5, 5.41) is 19.0. The van der Waals surface area contributed by atoms with Crippen LogP contribution in [0.5, 0.6) is 0 Å². The number of aromatic nitrogens is 1. The van der Waals surface area contributed by atoms with Crippen molar-refractivity contribution in [2.45, 2.75) is 52.2 Å². The van der Waals surface area contributed by atoms with Crippen LogP contribution in [0.4, 0.5) is 5.82 Å². The molecule has 6 heteroatoms. The van der Waals surface area contributed by atoms with Crippen LogP contribution in [0.25, 0.3) is 0 Å². The van der Waals surface area contributed by atoms with E-state index in [0.29, 0.717) is 13.0 Å². The van der Waals surface area contributed by atoms with Gasteiger partial charge in [0, 0.05) is 18.3 Å². The van der Waals surface area contributed by atoms with Crippen molar-refractivity contribution >= 4 is 5.82 Å². The van der Waals surface area contributed by atoms with Gasteiger partial charge in [0.25, 0.3) is 5.70 Å². The molecule has 2 aromatic rings. The number of hydrogen-bond acceptors (Lipinski definition) is 5. The Morgan fingerprint density at radius 3 is 2.43 bits per heavy atom. The maximum absolute atomic E-state index is 12.1. The molecule has 2 unspecified atom stereocenters. The summed E-state index contributed by atoms with van der Waals surface area (Å²) < 4.78 is 0. The van der Waals surface area contributed by atoms with Gasteiger partial charge in [0.2, 0.25) is 0 Å². The molecule has 1 aliphatic carbocycles. The minimum Gasteiger partial charge on any atom is -0.363 e. The maximum atomic E-state index is 12.1. The lowest BCUT2D eigenvalue weighted by molar-refractivity contribution is -0.439. The highest BCUT2D eigenvalue weighted by Gasteiger charge is 2.52. The van der Waals surface area contributed by atoms with E-state index in [-0.39, 0.29) is 22.1 Å². The van der Waals surface area contributed by atoms with Gasteiger partial charge in [-0.15, -0.1) is 0 Å². The molecule has 0 aliphatic heterocycles. The second kappa shape index (κ2) is 7.72. The normalized spacial score (nSPS) is 24.1. The molecule has 3 rings (SSSR count). The lowest BCUT2D eigenvalue weighted by Gasteiger charge is -2.46. The van der Waals surface area contributed by atoms with Gasteiger partial charge in [0.1, 0.15) is 11.4 Å². The molecular formula is C22H28N4O2. The topological polar surface area (TPSA) is 80.1 Å². The summed E-state index contributed by atoms with van der Waals surface area (Å²) >= 11 is 0. The molecule has 2 atom stereocenters. The van der Waals surface area contributed by atoms with E-state index in [1.54, 1.807) is 6.20 Å². The monoisotopic (exact) mass is 380 g/mol. The Morgan fingerprint density at radius 2 is 1.82 bits per heavy atom. The smallest absolute Gasteiger partial charge is 0.266 e. The van der Waals surface area contributed by atoms with Crippen LogP contribution < -0.4 is 10.6 Å². The molecule has 0 amide bonds. The minimum absolute atomic E-state index is 0.172. The Kier molecular flexibility index (Phi) is 5.52. The molecule has 1 heterocycles. The fraction of sp³-hybridized carbons (Fsp3) is 0.409. The third-order valence-corrected chi connectivity index (χ3v) is 5.59. The van der Waals surface area contributed by atoms with Gasteiger partial charge in [0.15, 0.2) is 0 Å². The van der Waals surface area contributed by atoms with E-state index in [0.717, 1.165) is 17.0 Å². The number of nitrogens with zero attached hydrogens (tertiary/aromatic N) is 2. The van der Waals surface area contributed by atoms with Gasteiger partial charge in [-0.25, -0.2) is 4.98 Å². The third-order valence-electron chi connectivity index (χ3n) is 5.59. The van der Waals surface area contributed by atoms with E-state index < -0.39 is 5.54 Å². The summed E-state index contributed by atoms with van der Waals surface area (Å²) in [4.78, 5) is 16.2. The van der Waals surface area contributed by atoms with E-state index in [1.807, 2.05) is 62.4 Å². The molecule has 148 valence electrons. The summed E-state index contributed by atoms with van der Waals surface area (Å²) in [7, 11) is 0. The fourth-order valence-corrected chi connectivity index (χ4v) is 4.54. The van der Waals surface area contributed by atoms with E-state index in [9.17, 15) is 10.1 Å². The fourth-order valence-electron chi connectivity index (χ4n) is 4.54. The molecule has 1 aromatic heterocycles. The summed E-state index contributed by atoms with van der Waals surface area (Å²) in [6.45, 7) is 8.68. The predicted octanol–water partition coefficient (Wildman–Crippen LogP) is 4.39. The average molecular weight is 380 g/mol. The standard InChI is InChI=1S/C22H28N4O2/c1-16-19(25-18-12-8-9-13-23-18)21(2,3)15-22(4,20(16)26(27)28)24-14-17-10-6-5-7-11-17/h5-13,19,24H,14-15H2,1-4H3,(H,23,25). The van der Waals surface area contributed by atoms with Crippen molar-refractivity contribution in [2.75, 3.05) is 5.32 Å².